The Kier molecular flexibility index (Phi) is 2.86. The van der Waals surface area contributed by atoms with E-state index in [0.29, 0.717) is 0 Å². The zero-order valence-corrected chi connectivity index (χ0v) is 7.78. The minimum absolute atomic E-state index is 1.20. The SMILES string of the molecule is Cc1cnccc1/C=C\N(C)C. The lowest BCUT2D eigenvalue weighted by atomic mass is 10.1. The second-order valence-corrected chi connectivity index (χ2v) is 3.01. The van der Waals surface area contributed by atoms with Crippen molar-refractivity contribution in [3.05, 3.63) is 35.8 Å². The fourth-order valence-corrected chi connectivity index (χ4v) is 0.901. The molecule has 2 heteroatoms. The molecular formula is C10H14N2. The molecule has 0 aliphatic carbocycles. The summed E-state index contributed by atoms with van der Waals surface area (Å²) in [5.74, 6) is 0. The van der Waals surface area contributed by atoms with E-state index in [1.54, 1.807) is 0 Å². The first-order valence-electron chi connectivity index (χ1n) is 3.95. The predicted molar refractivity (Wildman–Crippen MR) is 51.7 cm³/mol. The van der Waals surface area contributed by atoms with Gasteiger partial charge in [-0.15, -0.1) is 0 Å². The summed E-state index contributed by atoms with van der Waals surface area (Å²) in [5.41, 5.74) is 2.43. The van der Waals surface area contributed by atoms with Crippen molar-refractivity contribution in [1.82, 2.24) is 9.88 Å². The highest BCUT2D eigenvalue weighted by molar-refractivity contribution is 5.51. The van der Waals surface area contributed by atoms with Gasteiger partial charge in [-0.25, -0.2) is 0 Å². The summed E-state index contributed by atoms with van der Waals surface area (Å²) in [6, 6.07) is 2.01. The molecule has 0 saturated carbocycles. The monoisotopic (exact) mass is 162 g/mol. The number of rotatable bonds is 2. The van der Waals surface area contributed by atoms with Crippen molar-refractivity contribution in [2.24, 2.45) is 0 Å². The lowest BCUT2D eigenvalue weighted by Crippen LogP contribution is -1.99. The van der Waals surface area contributed by atoms with Gasteiger partial charge in [-0.05, 0) is 36.4 Å². The normalized spacial score (nSPS) is 10.6. The van der Waals surface area contributed by atoms with E-state index in [-0.39, 0.29) is 0 Å². The fourth-order valence-electron chi connectivity index (χ4n) is 0.901. The topological polar surface area (TPSA) is 16.1 Å². The summed E-state index contributed by atoms with van der Waals surface area (Å²) in [6.07, 6.45) is 7.79. The molecule has 0 unspecified atom stereocenters. The molecule has 0 bridgehead atoms. The van der Waals surface area contributed by atoms with Gasteiger partial charge in [0.05, 0.1) is 0 Å². The highest BCUT2D eigenvalue weighted by Crippen LogP contribution is 2.06. The van der Waals surface area contributed by atoms with Gasteiger partial charge in [-0.3, -0.25) is 4.98 Å². The molecule has 0 radical (unpaired) electrons. The van der Waals surface area contributed by atoms with Crippen LogP contribution in [0.5, 0.6) is 0 Å². The van der Waals surface area contributed by atoms with E-state index >= 15 is 0 Å². The molecule has 0 spiro atoms. The van der Waals surface area contributed by atoms with Crippen molar-refractivity contribution in [2.45, 2.75) is 6.92 Å². The van der Waals surface area contributed by atoms with Crippen LogP contribution in [0.15, 0.2) is 24.7 Å². The highest BCUT2D eigenvalue weighted by atomic mass is 15.0. The first kappa shape index (κ1) is 8.78. The third-order valence-electron chi connectivity index (χ3n) is 1.62. The lowest BCUT2D eigenvalue weighted by molar-refractivity contribution is 0.567. The second kappa shape index (κ2) is 3.90. The second-order valence-electron chi connectivity index (χ2n) is 3.01. The van der Waals surface area contributed by atoms with E-state index in [1.807, 2.05) is 43.7 Å². The summed E-state index contributed by atoms with van der Waals surface area (Å²) in [4.78, 5) is 6.04. The molecule has 0 fully saturated rings. The summed E-state index contributed by atoms with van der Waals surface area (Å²) in [5, 5.41) is 0. The first-order chi connectivity index (χ1) is 5.70. The Balaban J connectivity index is 2.82. The summed E-state index contributed by atoms with van der Waals surface area (Å²) < 4.78 is 0. The molecule has 12 heavy (non-hydrogen) atoms. The van der Waals surface area contributed by atoms with E-state index in [4.69, 9.17) is 0 Å². The minimum Gasteiger partial charge on any atom is -0.383 e. The highest BCUT2D eigenvalue weighted by Gasteiger charge is 1.90. The van der Waals surface area contributed by atoms with Crippen LogP contribution >= 0.6 is 0 Å². The molecule has 2 nitrogen and oxygen atoms in total. The van der Waals surface area contributed by atoms with Crippen LogP contribution in [-0.4, -0.2) is 24.0 Å². The van der Waals surface area contributed by atoms with E-state index in [2.05, 4.69) is 18.0 Å². The Hall–Kier alpha value is -1.31. The van der Waals surface area contributed by atoms with Crippen molar-refractivity contribution in [3.8, 4) is 0 Å². The van der Waals surface area contributed by atoms with Crippen molar-refractivity contribution >= 4 is 6.08 Å². The molecule has 1 aromatic heterocycles. The molecule has 64 valence electrons. The van der Waals surface area contributed by atoms with Crippen molar-refractivity contribution in [1.29, 1.82) is 0 Å². The van der Waals surface area contributed by atoms with Gasteiger partial charge < -0.3 is 4.90 Å². The molecular weight excluding hydrogens is 148 g/mol. The smallest absolute Gasteiger partial charge is 0.0303 e. The third-order valence-corrected chi connectivity index (χ3v) is 1.62. The summed E-state index contributed by atoms with van der Waals surface area (Å²) >= 11 is 0. The molecule has 0 atom stereocenters. The number of pyridine rings is 1. The Morgan fingerprint density at radius 2 is 2.17 bits per heavy atom. The van der Waals surface area contributed by atoms with Gasteiger partial charge in [0.2, 0.25) is 0 Å². The van der Waals surface area contributed by atoms with Crippen LogP contribution in [-0.2, 0) is 0 Å². The van der Waals surface area contributed by atoms with Gasteiger partial charge in [0, 0.05) is 26.5 Å². The van der Waals surface area contributed by atoms with E-state index in [0.717, 1.165) is 0 Å². The largest absolute Gasteiger partial charge is 0.383 e. The Labute approximate surface area is 73.5 Å². The van der Waals surface area contributed by atoms with Gasteiger partial charge in [-0.2, -0.15) is 0 Å². The summed E-state index contributed by atoms with van der Waals surface area (Å²) in [6.45, 7) is 2.06. The zero-order valence-electron chi connectivity index (χ0n) is 7.78. The molecule has 0 aliphatic rings. The standard InChI is InChI=1S/C10H14N2/c1-9-8-11-6-4-10(9)5-7-12(2)3/h4-8H,1-3H3/b7-5-. The van der Waals surface area contributed by atoms with Crippen LogP contribution < -0.4 is 0 Å². The maximum atomic E-state index is 4.02. The lowest BCUT2D eigenvalue weighted by Gasteiger charge is -2.04. The van der Waals surface area contributed by atoms with Crippen LogP contribution in [0.2, 0.25) is 0 Å². The quantitative estimate of drug-likeness (QED) is 0.660. The van der Waals surface area contributed by atoms with Crippen molar-refractivity contribution in [2.75, 3.05) is 14.1 Å². The molecule has 1 aromatic rings. The molecule has 0 saturated heterocycles. The predicted octanol–water partition coefficient (Wildman–Crippen LogP) is 1.92. The van der Waals surface area contributed by atoms with Crippen LogP contribution in [0, 0.1) is 6.92 Å². The van der Waals surface area contributed by atoms with Gasteiger partial charge in [0.1, 0.15) is 0 Å². The van der Waals surface area contributed by atoms with Crippen molar-refractivity contribution < 1.29 is 0 Å². The maximum absolute atomic E-state index is 4.02. The van der Waals surface area contributed by atoms with Gasteiger partial charge in [0.15, 0.2) is 0 Å². The van der Waals surface area contributed by atoms with Crippen molar-refractivity contribution in [3.63, 3.8) is 0 Å². The van der Waals surface area contributed by atoms with E-state index in [9.17, 15) is 0 Å². The number of hydrogen-bond donors (Lipinski definition) is 0. The van der Waals surface area contributed by atoms with Crippen LogP contribution in [0.4, 0.5) is 0 Å². The average molecular weight is 162 g/mol. The van der Waals surface area contributed by atoms with Crippen LogP contribution in [0.25, 0.3) is 6.08 Å². The molecule has 0 aromatic carbocycles. The Bertz CT molecular complexity index is 277. The third kappa shape index (κ3) is 2.38. The van der Waals surface area contributed by atoms with E-state index < -0.39 is 0 Å². The molecule has 0 aliphatic heterocycles. The van der Waals surface area contributed by atoms with Crippen LogP contribution in [0.3, 0.4) is 0 Å². The summed E-state index contributed by atoms with van der Waals surface area (Å²) in [7, 11) is 4.01. The van der Waals surface area contributed by atoms with Gasteiger partial charge in [0.25, 0.3) is 0 Å². The molecule has 0 N–H and O–H groups in total. The maximum Gasteiger partial charge on any atom is 0.0303 e. The number of nitrogens with zero attached hydrogens (tertiary/aromatic N) is 2. The first-order valence-corrected chi connectivity index (χ1v) is 3.95. The minimum atomic E-state index is 1.20. The van der Waals surface area contributed by atoms with Crippen LogP contribution in [0.1, 0.15) is 11.1 Å². The number of aromatic nitrogens is 1. The molecule has 1 heterocycles. The Morgan fingerprint density at radius 3 is 2.75 bits per heavy atom. The molecule has 0 amide bonds. The average Bonchev–Trinajstić information content (AvgIpc) is 2.03. The van der Waals surface area contributed by atoms with Gasteiger partial charge >= 0.3 is 0 Å². The fraction of sp³-hybridized carbons (Fsp3) is 0.300. The Morgan fingerprint density at radius 1 is 1.42 bits per heavy atom. The molecule has 1 rings (SSSR count). The number of hydrogen-bond acceptors (Lipinski definition) is 2. The zero-order chi connectivity index (χ0) is 8.97. The van der Waals surface area contributed by atoms with Gasteiger partial charge in [-0.1, -0.05) is 0 Å². The van der Waals surface area contributed by atoms with E-state index in [1.165, 1.54) is 11.1 Å². The number of aryl methyl sites for hydroxylation is 1.